The molecule has 2 heteroatoms. The van der Waals surface area contributed by atoms with Crippen LogP contribution in [-0.4, -0.2) is 7.05 Å². The van der Waals surface area contributed by atoms with Crippen LogP contribution in [0.5, 0.6) is 0 Å². The van der Waals surface area contributed by atoms with E-state index in [0.29, 0.717) is 6.04 Å². The van der Waals surface area contributed by atoms with Crippen LogP contribution in [0.2, 0.25) is 5.02 Å². The van der Waals surface area contributed by atoms with E-state index >= 15 is 0 Å². The number of nitrogens with one attached hydrogen (secondary N) is 1. The van der Waals surface area contributed by atoms with Crippen LogP contribution in [0.1, 0.15) is 55.7 Å². The summed E-state index contributed by atoms with van der Waals surface area (Å²) in [5, 5.41) is 4.37. The summed E-state index contributed by atoms with van der Waals surface area (Å²) >= 11 is 6.06. The van der Waals surface area contributed by atoms with Crippen LogP contribution in [0.3, 0.4) is 0 Å². The van der Waals surface area contributed by atoms with Gasteiger partial charge in [0, 0.05) is 11.1 Å². The van der Waals surface area contributed by atoms with Gasteiger partial charge in [0.25, 0.3) is 0 Å². The Hall–Kier alpha value is -0.530. The largest absolute Gasteiger partial charge is 0.313 e. The molecule has 0 spiro atoms. The van der Waals surface area contributed by atoms with Gasteiger partial charge in [-0.2, -0.15) is 0 Å². The zero-order valence-electron chi connectivity index (χ0n) is 11.5. The number of aryl methyl sites for hydroxylation is 1. The normalized spacial score (nSPS) is 19.5. The molecular formula is C16H24ClN. The smallest absolute Gasteiger partial charge is 0.0408 e. The molecule has 0 saturated heterocycles. The standard InChI is InChI=1S/C16H24ClN/c1-12-11-14(17)9-10-15(12)16(18-2)13-7-5-3-4-6-8-13/h9-11,13,16,18H,3-8H2,1-2H3. The molecule has 18 heavy (non-hydrogen) atoms. The second-order valence-corrected chi connectivity index (χ2v) is 5.96. The van der Waals surface area contributed by atoms with E-state index in [1.165, 1.54) is 49.7 Å². The van der Waals surface area contributed by atoms with Crippen LogP contribution < -0.4 is 5.32 Å². The number of hydrogen-bond acceptors (Lipinski definition) is 1. The first-order valence-electron chi connectivity index (χ1n) is 7.15. The van der Waals surface area contributed by atoms with E-state index in [0.717, 1.165) is 10.9 Å². The lowest BCUT2D eigenvalue weighted by atomic mass is 9.85. The van der Waals surface area contributed by atoms with Gasteiger partial charge in [0.05, 0.1) is 0 Å². The van der Waals surface area contributed by atoms with Gasteiger partial charge in [-0.25, -0.2) is 0 Å². The van der Waals surface area contributed by atoms with Crippen molar-refractivity contribution in [2.24, 2.45) is 5.92 Å². The average Bonchev–Trinajstić information content (AvgIpc) is 2.62. The molecule has 0 aromatic heterocycles. The molecule has 1 saturated carbocycles. The van der Waals surface area contributed by atoms with Gasteiger partial charge >= 0.3 is 0 Å². The summed E-state index contributed by atoms with van der Waals surface area (Å²) in [6, 6.07) is 6.78. The maximum absolute atomic E-state index is 6.06. The molecular weight excluding hydrogens is 242 g/mol. The highest BCUT2D eigenvalue weighted by Gasteiger charge is 2.23. The van der Waals surface area contributed by atoms with Gasteiger partial charge in [0.2, 0.25) is 0 Å². The quantitative estimate of drug-likeness (QED) is 0.768. The van der Waals surface area contributed by atoms with E-state index in [2.05, 4.69) is 31.4 Å². The van der Waals surface area contributed by atoms with Crippen molar-refractivity contribution in [2.45, 2.75) is 51.5 Å². The van der Waals surface area contributed by atoms with Gasteiger partial charge in [-0.05, 0) is 56.0 Å². The van der Waals surface area contributed by atoms with Crippen LogP contribution in [0, 0.1) is 12.8 Å². The summed E-state index contributed by atoms with van der Waals surface area (Å²) < 4.78 is 0. The zero-order valence-corrected chi connectivity index (χ0v) is 12.3. The van der Waals surface area contributed by atoms with Gasteiger partial charge in [0.1, 0.15) is 0 Å². The fourth-order valence-corrected chi connectivity index (χ4v) is 3.50. The maximum Gasteiger partial charge on any atom is 0.0408 e. The van der Waals surface area contributed by atoms with Gasteiger partial charge in [0.15, 0.2) is 0 Å². The molecule has 1 aromatic rings. The van der Waals surface area contributed by atoms with Crippen molar-refractivity contribution < 1.29 is 0 Å². The molecule has 2 rings (SSSR count). The topological polar surface area (TPSA) is 12.0 Å². The highest BCUT2D eigenvalue weighted by molar-refractivity contribution is 6.30. The minimum Gasteiger partial charge on any atom is -0.313 e. The van der Waals surface area contributed by atoms with E-state index in [4.69, 9.17) is 11.6 Å². The molecule has 0 heterocycles. The first kappa shape index (κ1) is 13.9. The predicted octanol–water partition coefficient (Wildman–Crippen LogP) is 4.88. The summed E-state index contributed by atoms with van der Waals surface area (Å²) in [5.74, 6) is 0.775. The number of benzene rings is 1. The van der Waals surface area contributed by atoms with Crippen molar-refractivity contribution in [3.63, 3.8) is 0 Å². The first-order valence-corrected chi connectivity index (χ1v) is 7.53. The van der Waals surface area contributed by atoms with Crippen LogP contribution in [0.25, 0.3) is 0 Å². The Kier molecular flexibility index (Phi) is 5.08. The highest BCUT2D eigenvalue weighted by Crippen LogP contribution is 2.35. The summed E-state index contributed by atoms with van der Waals surface area (Å²) in [5.41, 5.74) is 2.74. The molecule has 1 aliphatic carbocycles. The highest BCUT2D eigenvalue weighted by atomic mass is 35.5. The third-order valence-electron chi connectivity index (χ3n) is 4.25. The summed E-state index contributed by atoms with van der Waals surface area (Å²) in [6.07, 6.45) is 8.30. The molecule has 100 valence electrons. The van der Waals surface area contributed by atoms with Crippen LogP contribution in [0.15, 0.2) is 18.2 Å². The molecule has 0 aliphatic heterocycles. The first-order chi connectivity index (χ1) is 8.72. The lowest BCUT2D eigenvalue weighted by molar-refractivity contribution is 0.340. The summed E-state index contributed by atoms with van der Waals surface area (Å²) in [7, 11) is 2.09. The summed E-state index contributed by atoms with van der Waals surface area (Å²) in [4.78, 5) is 0. The molecule has 1 nitrogen and oxygen atoms in total. The van der Waals surface area contributed by atoms with Crippen molar-refractivity contribution in [1.82, 2.24) is 5.32 Å². The second-order valence-electron chi connectivity index (χ2n) is 5.52. The van der Waals surface area contributed by atoms with Gasteiger partial charge < -0.3 is 5.32 Å². The molecule has 0 amide bonds. The SMILES string of the molecule is CNC(c1ccc(Cl)cc1C)C1CCCCCC1. The van der Waals surface area contributed by atoms with Crippen molar-refractivity contribution in [3.05, 3.63) is 34.3 Å². The van der Waals surface area contributed by atoms with Gasteiger partial charge in [-0.3, -0.25) is 0 Å². The molecule has 1 aromatic carbocycles. The molecule has 1 atom stereocenters. The Labute approximate surface area is 116 Å². The van der Waals surface area contributed by atoms with E-state index in [-0.39, 0.29) is 0 Å². The second kappa shape index (κ2) is 6.58. The molecule has 0 radical (unpaired) electrons. The predicted molar refractivity (Wildman–Crippen MR) is 79.2 cm³/mol. The lowest BCUT2D eigenvalue weighted by Gasteiger charge is -2.27. The monoisotopic (exact) mass is 265 g/mol. The van der Waals surface area contributed by atoms with Crippen LogP contribution in [-0.2, 0) is 0 Å². The van der Waals surface area contributed by atoms with Crippen LogP contribution >= 0.6 is 11.6 Å². The molecule has 0 bridgehead atoms. The minimum absolute atomic E-state index is 0.486. The Balaban J connectivity index is 2.20. The van der Waals surface area contributed by atoms with Crippen molar-refractivity contribution >= 4 is 11.6 Å². The number of rotatable bonds is 3. The van der Waals surface area contributed by atoms with Crippen molar-refractivity contribution in [2.75, 3.05) is 7.05 Å². The zero-order chi connectivity index (χ0) is 13.0. The van der Waals surface area contributed by atoms with E-state index < -0.39 is 0 Å². The molecule has 1 fully saturated rings. The van der Waals surface area contributed by atoms with Gasteiger partial charge in [-0.1, -0.05) is 43.4 Å². The fourth-order valence-electron chi connectivity index (χ4n) is 3.28. The average molecular weight is 266 g/mol. The Morgan fingerprint density at radius 2 is 1.83 bits per heavy atom. The number of halogens is 1. The van der Waals surface area contributed by atoms with Crippen LogP contribution in [0.4, 0.5) is 0 Å². The Morgan fingerprint density at radius 1 is 1.17 bits per heavy atom. The molecule has 1 unspecified atom stereocenters. The molecule has 1 aliphatic rings. The Bertz CT molecular complexity index is 381. The fraction of sp³-hybridized carbons (Fsp3) is 0.625. The minimum atomic E-state index is 0.486. The van der Waals surface area contributed by atoms with E-state index in [9.17, 15) is 0 Å². The van der Waals surface area contributed by atoms with E-state index in [1.807, 2.05) is 6.07 Å². The third kappa shape index (κ3) is 3.27. The van der Waals surface area contributed by atoms with E-state index in [1.54, 1.807) is 0 Å². The number of hydrogen-bond donors (Lipinski definition) is 1. The van der Waals surface area contributed by atoms with Crippen molar-refractivity contribution in [1.29, 1.82) is 0 Å². The third-order valence-corrected chi connectivity index (χ3v) is 4.48. The van der Waals surface area contributed by atoms with Gasteiger partial charge in [-0.15, -0.1) is 0 Å². The van der Waals surface area contributed by atoms with Crippen molar-refractivity contribution in [3.8, 4) is 0 Å². The maximum atomic E-state index is 6.06. The Morgan fingerprint density at radius 3 is 2.39 bits per heavy atom. The molecule has 1 N–H and O–H groups in total. The lowest BCUT2D eigenvalue weighted by Crippen LogP contribution is -2.25. The summed E-state index contributed by atoms with van der Waals surface area (Å²) in [6.45, 7) is 2.17.